The molecule has 0 spiro atoms. The Morgan fingerprint density at radius 3 is 3.04 bits per heavy atom. The van der Waals surface area contributed by atoms with Crippen LogP contribution in [0, 0.1) is 12.8 Å². The molecule has 28 heavy (non-hydrogen) atoms. The van der Waals surface area contributed by atoms with Crippen molar-refractivity contribution >= 4 is 50.6 Å². The van der Waals surface area contributed by atoms with E-state index in [1.165, 1.54) is 4.88 Å². The van der Waals surface area contributed by atoms with Gasteiger partial charge in [-0.2, -0.15) is 0 Å². The fraction of sp³-hybridized carbons (Fsp3) is 0.381. The molecule has 1 unspecified atom stereocenters. The van der Waals surface area contributed by atoms with Gasteiger partial charge < -0.3 is 10.2 Å². The second-order valence-electron chi connectivity index (χ2n) is 7.22. The van der Waals surface area contributed by atoms with Crippen molar-refractivity contribution in [2.75, 3.05) is 23.3 Å². The number of hydrogen-bond acceptors (Lipinski definition) is 5. The normalized spacial score (nSPS) is 17.1. The number of aromatic nitrogens is 2. The molecule has 1 aliphatic heterocycles. The summed E-state index contributed by atoms with van der Waals surface area (Å²) in [6.07, 6.45) is 4.46. The second kappa shape index (κ2) is 8.05. The van der Waals surface area contributed by atoms with Gasteiger partial charge in [-0.25, -0.2) is 9.97 Å². The average molecular weight is 415 g/mol. The van der Waals surface area contributed by atoms with Crippen molar-refractivity contribution in [2.45, 2.75) is 33.1 Å². The third-order valence-electron chi connectivity index (χ3n) is 5.26. The molecule has 0 radical (unpaired) electrons. The molecule has 1 amide bonds. The molecule has 0 saturated carbocycles. The fourth-order valence-corrected chi connectivity index (χ4v) is 4.77. The van der Waals surface area contributed by atoms with Crippen molar-refractivity contribution in [1.82, 2.24) is 9.97 Å². The number of aryl methyl sites for hydroxylation is 2. The molecule has 0 bridgehead atoms. The monoisotopic (exact) mass is 414 g/mol. The van der Waals surface area contributed by atoms with Crippen LogP contribution in [0.25, 0.3) is 10.2 Å². The smallest absolute Gasteiger partial charge is 0.229 e. The number of hydrogen-bond donors (Lipinski definition) is 1. The van der Waals surface area contributed by atoms with Crippen LogP contribution >= 0.6 is 22.9 Å². The molecule has 1 fully saturated rings. The lowest BCUT2D eigenvalue weighted by atomic mass is 9.96. The van der Waals surface area contributed by atoms with E-state index in [4.69, 9.17) is 11.6 Å². The Labute approximate surface area is 173 Å². The zero-order chi connectivity index (χ0) is 19.7. The number of nitrogens with zero attached hydrogens (tertiary/aromatic N) is 3. The molecule has 2 aromatic heterocycles. The van der Waals surface area contributed by atoms with Gasteiger partial charge in [0.1, 0.15) is 17.0 Å². The van der Waals surface area contributed by atoms with Crippen LogP contribution in [-0.2, 0) is 11.2 Å². The summed E-state index contributed by atoms with van der Waals surface area (Å²) in [5.74, 6) is 0.902. The predicted molar refractivity (Wildman–Crippen MR) is 117 cm³/mol. The summed E-state index contributed by atoms with van der Waals surface area (Å²) in [5.41, 5.74) is 1.79. The molecule has 1 atom stereocenters. The highest BCUT2D eigenvalue weighted by molar-refractivity contribution is 7.18. The first-order valence-corrected chi connectivity index (χ1v) is 10.8. The highest BCUT2D eigenvalue weighted by Crippen LogP contribution is 2.33. The minimum atomic E-state index is -0.0820. The van der Waals surface area contributed by atoms with E-state index in [1.54, 1.807) is 23.7 Å². The Morgan fingerprint density at radius 1 is 1.36 bits per heavy atom. The molecule has 146 valence electrons. The lowest BCUT2D eigenvalue weighted by Gasteiger charge is -2.33. The molecular formula is C21H23ClN4OS. The number of piperidine rings is 1. The number of thiophene rings is 1. The van der Waals surface area contributed by atoms with Crippen molar-refractivity contribution in [3.05, 3.63) is 46.1 Å². The Kier molecular flexibility index (Phi) is 5.51. The number of fused-ring (bicyclic) bond motifs is 1. The van der Waals surface area contributed by atoms with Crippen molar-refractivity contribution in [2.24, 2.45) is 5.92 Å². The zero-order valence-electron chi connectivity index (χ0n) is 16.0. The third-order valence-corrected chi connectivity index (χ3v) is 6.68. The van der Waals surface area contributed by atoms with Crippen LogP contribution < -0.4 is 10.2 Å². The number of nitrogens with one attached hydrogen (secondary N) is 1. The average Bonchev–Trinajstić information content (AvgIpc) is 3.14. The lowest BCUT2D eigenvalue weighted by molar-refractivity contribution is -0.120. The minimum absolute atomic E-state index is 0.0416. The van der Waals surface area contributed by atoms with Crippen LogP contribution in [0.5, 0.6) is 0 Å². The zero-order valence-corrected chi connectivity index (χ0v) is 17.6. The number of amides is 1. The highest BCUT2D eigenvalue weighted by atomic mass is 35.5. The molecule has 1 aliphatic rings. The number of anilines is 2. The van der Waals surface area contributed by atoms with Crippen LogP contribution in [0.1, 0.15) is 30.2 Å². The summed E-state index contributed by atoms with van der Waals surface area (Å²) in [7, 11) is 0. The largest absolute Gasteiger partial charge is 0.355 e. The van der Waals surface area contributed by atoms with Crippen molar-refractivity contribution in [3.8, 4) is 0 Å². The Morgan fingerprint density at radius 2 is 2.21 bits per heavy atom. The molecule has 3 heterocycles. The topological polar surface area (TPSA) is 58.1 Å². The van der Waals surface area contributed by atoms with Gasteiger partial charge in [-0.3, -0.25) is 4.79 Å². The summed E-state index contributed by atoms with van der Waals surface area (Å²) in [5, 5.41) is 4.78. The van der Waals surface area contributed by atoms with Gasteiger partial charge in [0.05, 0.1) is 11.3 Å². The van der Waals surface area contributed by atoms with E-state index in [2.05, 4.69) is 33.2 Å². The Balaban J connectivity index is 1.54. The van der Waals surface area contributed by atoms with E-state index in [0.29, 0.717) is 11.6 Å². The first-order valence-electron chi connectivity index (χ1n) is 9.60. The molecule has 5 nitrogen and oxygen atoms in total. The quantitative estimate of drug-likeness (QED) is 0.647. The molecule has 3 aromatic rings. The lowest BCUT2D eigenvalue weighted by Crippen LogP contribution is -2.41. The van der Waals surface area contributed by atoms with E-state index in [1.807, 2.05) is 19.1 Å². The SMILES string of the molecule is CCc1cc2c(N3CCCC(C(=O)Nc4cc(Cl)ccc4C)C3)ncnc2s1. The summed E-state index contributed by atoms with van der Waals surface area (Å²) in [6.45, 7) is 5.69. The van der Waals surface area contributed by atoms with Gasteiger partial charge in [0.25, 0.3) is 0 Å². The van der Waals surface area contributed by atoms with Crippen LogP contribution in [0.2, 0.25) is 5.02 Å². The van der Waals surface area contributed by atoms with E-state index in [0.717, 1.165) is 53.1 Å². The summed E-state index contributed by atoms with van der Waals surface area (Å²) in [6, 6.07) is 7.75. The standard InChI is InChI=1S/C21H23ClN4OS/c1-3-16-10-17-19(23-12-24-21(17)28-16)26-8-4-5-14(11-26)20(27)25-18-9-15(22)7-6-13(18)2/h6-7,9-10,12,14H,3-5,8,11H2,1-2H3,(H,25,27). The number of carbonyl (C=O) groups excluding carboxylic acids is 1. The van der Waals surface area contributed by atoms with Gasteiger partial charge >= 0.3 is 0 Å². The molecule has 1 saturated heterocycles. The van der Waals surface area contributed by atoms with Gasteiger partial charge in [-0.1, -0.05) is 24.6 Å². The first-order chi connectivity index (χ1) is 13.5. The van der Waals surface area contributed by atoms with Gasteiger partial charge in [-0.15, -0.1) is 11.3 Å². The Hall–Kier alpha value is -2.18. The number of benzene rings is 1. The minimum Gasteiger partial charge on any atom is -0.355 e. The summed E-state index contributed by atoms with van der Waals surface area (Å²) < 4.78 is 0. The molecule has 4 rings (SSSR count). The molecule has 7 heteroatoms. The number of rotatable bonds is 4. The second-order valence-corrected chi connectivity index (χ2v) is 8.77. The van der Waals surface area contributed by atoms with Crippen molar-refractivity contribution < 1.29 is 4.79 Å². The molecular weight excluding hydrogens is 392 g/mol. The van der Waals surface area contributed by atoms with Gasteiger partial charge in [0.15, 0.2) is 0 Å². The van der Waals surface area contributed by atoms with E-state index in [-0.39, 0.29) is 11.8 Å². The maximum atomic E-state index is 12.9. The third kappa shape index (κ3) is 3.84. The molecule has 1 aromatic carbocycles. The summed E-state index contributed by atoms with van der Waals surface area (Å²) >= 11 is 7.80. The molecule has 0 aliphatic carbocycles. The first kappa shape index (κ1) is 19.2. The van der Waals surface area contributed by atoms with Gasteiger partial charge in [-0.05, 0) is 49.9 Å². The van der Waals surface area contributed by atoms with Crippen molar-refractivity contribution in [3.63, 3.8) is 0 Å². The Bertz CT molecular complexity index is 1020. The van der Waals surface area contributed by atoms with E-state index >= 15 is 0 Å². The van der Waals surface area contributed by atoms with E-state index < -0.39 is 0 Å². The van der Waals surface area contributed by atoms with Crippen LogP contribution in [-0.4, -0.2) is 29.0 Å². The van der Waals surface area contributed by atoms with Gasteiger partial charge in [0.2, 0.25) is 5.91 Å². The van der Waals surface area contributed by atoms with Crippen LogP contribution in [0.3, 0.4) is 0 Å². The van der Waals surface area contributed by atoms with E-state index in [9.17, 15) is 4.79 Å². The number of halogens is 1. The van der Waals surface area contributed by atoms with Crippen LogP contribution in [0.15, 0.2) is 30.6 Å². The fourth-order valence-electron chi connectivity index (χ4n) is 3.67. The highest BCUT2D eigenvalue weighted by Gasteiger charge is 2.28. The summed E-state index contributed by atoms with van der Waals surface area (Å²) in [4.78, 5) is 26.4. The predicted octanol–water partition coefficient (Wildman–Crippen LogP) is 5.07. The van der Waals surface area contributed by atoms with Crippen LogP contribution in [0.4, 0.5) is 11.5 Å². The molecule has 1 N–H and O–H groups in total. The van der Waals surface area contributed by atoms with Crippen molar-refractivity contribution in [1.29, 1.82) is 0 Å². The maximum Gasteiger partial charge on any atom is 0.229 e. The number of carbonyl (C=O) groups is 1. The van der Waals surface area contributed by atoms with Gasteiger partial charge in [0, 0.05) is 28.7 Å². The maximum absolute atomic E-state index is 12.9.